The van der Waals surface area contributed by atoms with Crippen molar-refractivity contribution in [2.24, 2.45) is 0 Å². The van der Waals surface area contributed by atoms with Crippen LogP contribution in [0.25, 0.3) is 28.3 Å². The average molecular weight is 520 g/mol. The first-order valence-electron chi connectivity index (χ1n) is 10.4. The fourth-order valence-electron chi connectivity index (χ4n) is 3.39. The normalized spacial score (nSPS) is 11.0. The fraction of sp³-hybridized carbons (Fsp3) is 0.174. The smallest absolute Gasteiger partial charge is 0.354 e. The minimum absolute atomic E-state index is 0. The van der Waals surface area contributed by atoms with Crippen LogP contribution in [0.3, 0.4) is 0 Å². The number of hydrogen-bond donors (Lipinski definition) is 3. The standard InChI is InChI=1S/C23H20F3N7O2.ClH/c1-13-8-17(21(34)27-2)32-20(30-13)15-6-7-33-18(11-28-19(33)10-15)14-4-3-5-16(9-14)31-22(35)29-12-23(24,25)26;/h3-11H,12H2,1-2H3,(H,27,34)(H2,29,31,35);1H. The van der Waals surface area contributed by atoms with Gasteiger partial charge in [-0.3, -0.25) is 9.20 Å². The number of carbonyl (C=O) groups excluding carboxylic acids is 2. The summed E-state index contributed by atoms with van der Waals surface area (Å²) in [4.78, 5) is 37.0. The lowest BCUT2D eigenvalue weighted by atomic mass is 10.1. The van der Waals surface area contributed by atoms with Gasteiger partial charge in [0.25, 0.3) is 5.91 Å². The SMILES string of the molecule is CNC(=O)c1cc(C)nc(-c2ccn3c(-c4cccc(NC(=O)NCC(F)(F)F)c4)cnc3c2)n1.Cl. The molecule has 3 N–H and O–H groups in total. The molecule has 3 aromatic heterocycles. The minimum atomic E-state index is -4.50. The van der Waals surface area contributed by atoms with E-state index in [1.165, 1.54) is 7.05 Å². The maximum atomic E-state index is 12.3. The Morgan fingerprint density at radius 2 is 1.83 bits per heavy atom. The molecule has 0 aliphatic carbocycles. The van der Waals surface area contributed by atoms with E-state index in [1.54, 1.807) is 67.1 Å². The van der Waals surface area contributed by atoms with E-state index >= 15 is 0 Å². The molecule has 3 amide bonds. The monoisotopic (exact) mass is 519 g/mol. The Labute approximate surface area is 209 Å². The topological polar surface area (TPSA) is 113 Å². The Bertz CT molecular complexity index is 1420. The number of anilines is 1. The number of benzene rings is 1. The summed E-state index contributed by atoms with van der Waals surface area (Å²) in [6.07, 6.45) is -1.09. The van der Waals surface area contributed by atoms with E-state index in [0.717, 1.165) is 0 Å². The molecular weight excluding hydrogens is 499 g/mol. The third kappa shape index (κ3) is 6.08. The van der Waals surface area contributed by atoms with Crippen molar-refractivity contribution >= 4 is 35.7 Å². The first-order valence-corrected chi connectivity index (χ1v) is 10.4. The van der Waals surface area contributed by atoms with Crippen LogP contribution in [0.4, 0.5) is 23.7 Å². The van der Waals surface area contributed by atoms with Crippen molar-refractivity contribution in [3.63, 3.8) is 0 Å². The highest BCUT2D eigenvalue weighted by atomic mass is 35.5. The second kappa shape index (κ2) is 10.6. The molecule has 0 aliphatic heterocycles. The van der Waals surface area contributed by atoms with Gasteiger partial charge in [0.2, 0.25) is 0 Å². The van der Waals surface area contributed by atoms with E-state index in [9.17, 15) is 22.8 Å². The van der Waals surface area contributed by atoms with Crippen molar-refractivity contribution in [1.82, 2.24) is 30.0 Å². The van der Waals surface area contributed by atoms with Crippen molar-refractivity contribution in [3.05, 3.63) is 66.2 Å². The quantitative estimate of drug-likeness (QED) is 0.365. The number of pyridine rings is 1. The highest BCUT2D eigenvalue weighted by Gasteiger charge is 2.27. The first kappa shape index (κ1) is 26.4. The molecule has 3 heterocycles. The number of imidazole rings is 1. The van der Waals surface area contributed by atoms with Gasteiger partial charge in [-0.15, -0.1) is 12.4 Å². The zero-order chi connectivity index (χ0) is 25.2. The van der Waals surface area contributed by atoms with Gasteiger partial charge in [-0.1, -0.05) is 12.1 Å². The number of aromatic nitrogens is 4. The predicted molar refractivity (Wildman–Crippen MR) is 130 cm³/mol. The third-order valence-electron chi connectivity index (χ3n) is 4.95. The van der Waals surface area contributed by atoms with Gasteiger partial charge >= 0.3 is 12.2 Å². The molecule has 1 aromatic carbocycles. The number of halogens is 4. The Kier molecular flexibility index (Phi) is 7.78. The number of rotatable bonds is 5. The molecule has 0 bridgehead atoms. The fourth-order valence-corrected chi connectivity index (χ4v) is 3.39. The minimum Gasteiger partial charge on any atom is -0.354 e. The Morgan fingerprint density at radius 1 is 1.06 bits per heavy atom. The summed E-state index contributed by atoms with van der Waals surface area (Å²) < 4.78 is 38.7. The van der Waals surface area contributed by atoms with Gasteiger partial charge < -0.3 is 16.0 Å². The predicted octanol–water partition coefficient (Wildman–Crippen LogP) is 4.23. The zero-order valence-corrected chi connectivity index (χ0v) is 19.9. The summed E-state index contributed by atoms with van der Waals surface area (Å²) in [5, 5.41) is 6.70. The van der Waals surface area contributed by atoms with E-state index in [1.807, 2.05) is 4.40 Å². The summed E-state index contributed by atoms with van der Waals surface area (Å²) >= 11 is 0. The molecule has 0 spiro atoms. The number of urea groups is 1. The number of alkyl halides is 3. The van der Waals surface area contributed by atoms with Gasteiger partial charge in [0.15, 0.2) is 5.82 Å². The second-order valence-electron chi connectivity index (χ2n) is 7.59. The van der Waals surface area contributed by atoms with E-state index in [4.69, 9.17) is 0 Å². The molecule has 188 valence electrons. The number of fused-ring (bicyclic) bond motifs is 1. The highest BCUT2D eigenvalue weighted by Crippen LogP contribution is 2.26. The van der Waals surface area contributed by atoms with E-state index in [-0.39, 0.29) is 24.0 Å². The number of amides is 3. The average Bonchev–Trinajstić information content (AvgIpc) is 3.25. The Balaban J connectivity index is 0.00000361. The van der Waals surface area contributed by atoms with Crippen LogP contribution < -0.4 is 16.0 Å². The van der Waals surface area contributed by atoms with Gasteiger partial charge in [-0.05, 0) is 37.3 Å². The van der Waals surface area contributed by atoms with Crippen molar-refractivity contribution in [2.75, 3.05) is 18.9 Å². The van der Waals surface area contributed by atoms with Gasteiger partial charge in [-0.25, -0.2) is 19.7 Å². The molecule has 0 radical (unpaired) electrons. The molecule has 0 unspecified atom stereocenters. The Hall–Kier alpha value is -4.19. The van der Waals surface area contributed by atoms with E-state index < -0.39 is 18.8 Å². The largest absolute Gasteiger partial charge is 0.405 e. The molecule has 0 atom stereocenters. The number of carbonyl (C=O) groups is 2. The van der Waals surface area contributed by atoms with Crippen LogP contribution in [0, 0.1) is 6.92 Å². The van der Waals surface area contributed by atoms with Crippen LogP contribution in [0.5, 0.6) is 0 Å². The summed E-state index contributed by atoms with van der Waals surface area (Å²) in [5.74, 6) is 0.0632. The van der Waals surface area contributed by atoms with Gasteiger partial charge in [-0.2, -0.15) is 13.2 Å². The van der Waals surface area contributed by atoms with Crippen LogP contribution in [0.2, 0.25) is 0 Å². The molecule has 36 heavy (non-hydrogen) atoms. The van der Waals surface area contributed by atoms with E-state index in [2.05, 4.69) is 25.6 Å². The second-order valence-corrected chi connectivity index (χ2v) is 7.59. The molecule has 0 saturated carbocycles. The number of hydrogen-bond acceptors (Lipinski definition) is 5. The molecule has 13 heteroatoms. The van der Waals surface area contributed by atoms with Crippen LogP contribution in [-0.4, -0.2) is 51.1 Å². The molecule has 4 rings (SSSR count). The summed E-state index contributed by atoms with van der Waals surface area (Å²) in [5.41, 5.74) is 3.85. The molecular formula is C23H21ClF3N7O2. The Morgan fingerprint density at radius 3 is 2.56 bits per heavy atom. The first-order chi connectivity index (χ1) is 16.6. The lowest BCUT2D eigenvalue weighted by molar-refractivity contribution is -0.122. The maximum Gasteiger partial charge on any atom is 0.405 e. The third-order valence-corrected chi connectivity index (χ3v) is 4.95. The van der Waals surface area contributed by atoms with E-state index in [0.29, 0.717) is 39.7 Å². The lowest BCUT2D eigenvalue weighted by Gasteiger charge is -2.11. The number of aryl methyl sites for hydroxylation is 1. The maximum absolute atomic E-state index is 12.3. The molecule has 0 aliphatic rings. The van der Waals surface area contributed by atoms with Crippen molar-refractivity contribution in [1.29, 1.82) is 0 Å². The number of nitrogens with zero attached hydrogens (tertiary/aromatic N) is 4. The van der Waals surface area contributed by atoms with Gasteiger partial charge in [0, 0.05) is 35.8 Å². The van der Waals surface area contributed by atoms with Gasteiger partial charge in [0.05, 0.1) is 11.9 Å². The molecule has 9 nitrogen and oxygen atoms in total. The summed E-state index contributed by atoms with van der Waals surface area (Å²) in [7, 11) is 1.52. The molecule has 0 saturated heterocycles. The van der Waals surface area contributed by atoms with Crippen molar-refractivity contribution < 1.29 is 22.8 Å². The van der Waals surface area contributed by atoms with Crippen LogP contribution in [-0.2, 0) is 0 Å². The van der Waals surface area contributed by atoms with Crippen LogP contribution >= 0.6 is 12.4 Å². The van der Waals surface area contributed by atoms with Crippen molar-refractivity contribution in [3.8, 4) is 22.6 Å². The molecule has 4 aromatic rings. The summed E-state index contributed by atoms with van der Waals surface area (Å²) in [6.45, 7) is 0.345. The van der Waals surface area contributed by atoms with Crippen LogP contribution in [0.15, 0.2) is 54.9 Å². The van der Waals surface area contributed by atoms with Crippen LogP contribution in [0.1, 0.15) is 16.2 Å². The zero-order valence-electron chi connectivity index (χ0n) is 19.1. The molecule has 0 fully saturated rings. The van der Waals surface area contributed by atoms with Gasteiger partial charge in [0.1, 0.15) is 17.9 Å². The van der Waals surface area contributed by atoms with Crippen molar-refractivity contribution in [2.45, 2.75) is 13.1 Å². The summed E-state index contributed by atoms with van der Waals surface area (Å²) in [6, 6.07) is 10.8. The highest BCUT2D eigenvalue weighted by molar-refractivity contribution is 5.92. The lowest BCUT2D eigenvalue weighted by Crippen LogP contribution is -2.36. The number of nitrogens with one attached hydrogen (secondary N) is 3.